The van der Waals surface area contributed by atoms with E-state index in [1.54, 1.807) is 13.2 Å². The highest BCUT2D eigenvalue weighted by molar-refractivity contribution is 5.86. The third kappa shape index (κ3) is 2.47. The molecule has 0 N–H and O–H groups in total. The van der Waals surface area contributed by atoms with Crippen LogP contribution in [0, 0.1) is 11.3 Å². The molecule has 5 nitrogen and oxygen atoms in total. The van der Waals surface area contributed by atoms with E-state index in [2.05, 4.69) is 16.4 Å². The molecule has 3 aromatic rings. The Kier molecular flexibility index (Phi) is 3.36. The Balaban J connectivity index is 2.09. The van der Waals surface area contributed by atoms with E-state index in [0.717, 1.165) is 22.3 Å². The summed E-state index contributed by atoms with van der Waals surface area (Å²) in [6.07, 6.45) is 1.75. The molecule has 0 spiro atoms. The first-order chi connectivity index (χ1) is 10.3. The van der Waals surface area contributed by atoms with Gasteiger partial charge in [-0.1, -0.05) is 29.5 Å². The highest BCUT2D eigenvalue weighted by Crippen LogP contribution is 2.19. The van der Waals surface area contributed by atoms with Gasteiger partial charge in [0.25, 0.3) is 0 Å². The first-order valence-corrected chi connectivity index (χ1v) is 6.38. The van der Waals surface area contributed by atoms with Gasteiger partial charge in [0, 0.05) is 0 Å². The number of benzene rings is 2. The van der Waals surface area contributed by atoms with Crippen molar-refractivity contribution in [3.63, 3.8) is 0 Å². The minimum absolute atomic E-state index is 0.400. The fourth-order valence-corrected chi connectivity index (χ4v) is 2.08. The predicted molar refractivity (Wildman–Crippen MR) is 80.3 cm³/mol. The first kappa shape index (κ1) is 12.9. The Hall–Kier alpha value is -3.13. The van der Waals surface area contributed by atoms with Gasteiger partial charge in [-0.2, -0.15) is 5.26 Å². The molecule has 102 valence electrons. The molecule has 0 atom stereocenters. The van der Waals surface area contributed by atoms with Crippen LogP contribution in [-0.4, -0.2) is 22.1 Å². The zero-order chi connectivity index (χ0) is 14.7. The van der Waals surface area contributed by atoms with Crippen LogP contribution >= 0.6 is 0 Å². The number of methoxy groups -OCH3 is 1. The monoisotopic (exact) mass is 276 g/mol. The molecular weight excluding hydrogens is 264 g/mol. The second-order valence-corrected chi connectivity index (χ2v) is 4.41. The third-order valence-corrected chi connectivity index (χ3v) is 3.09. The predicted octanol–water partition coefficient (Wildman–Crippen LogP) is 2.96. The van der Waals surface area contributed by atoms with Gasteiger partial charge in [-0.15, -0.1) is 5.10 Å². The summed E-state index contributed by atoms with van der Waals surface area (Å²) in [5.41, 5.74) is 2.82. The summed E-state index contributed by atoms with van der Waals surface area (Å²) in [6, 6.07) is 17.2. The van der Waals surface area contributed by atoms with Crippen molar-refractivity contribution in [1.29, 1.82) is 5.26 Å². The molecule has 0 aliphatic rings. The smallest absolute Gasteiger partial charge is 0.145 e. The number of hydrogen-bond acceptors (Lipinski definition) is 4. The van der Waals surface area contributed by atoms with Gasteiger partial charge in [-0.3, -0.25) is 0 Å². The molecule has 1 heterocycles. The van der Waals surface area contributed by atoms with Gasteiger partial charge < -0.3 is 4.74 Å². The van der Waals surface area contributed by atoms with E-state index in [4.69, 9.17) is 4.74 Å². The lowest BCUT2D eigenvalue weighted by molar-refractivity contribution is 0.414. The second-order valence-electron chi connectivity index (χ2n) is 4.41. The standard InChI is InChI=1S/C16H12N4O/c1-21-14-6-4-5-12(10-14)9-13(11-17)20-16-8-3-2-7-15(16)18-19-20/h2-10H,1H3/b13-9+. The van der Waals surface area contributed by atoms with E-state index in [-0.39, 0.29) is 0 Å². The van der Waals surface area contributed by atoms with Crippen LogP contribution < -0.4 is 4.74 Å². The van der Waals surface area contributed by atoms with Crippen molar-refractivity contribution in [3.05, 3.63) is 54.1 Å². The van der Waals surface area contributed by atoms with E-state index in [0.29, 0.717) is 5.70 Å². The number of aromatic nitrogens is 3. The number of fused-ring (bicyclic) bond motifs is 1. The highest BCUT2D eigenvalue weighted by atomic mass is 16.5. The van der Waals surface area contributed by atoms with Crippen molar-refractivity contribution in [2.75, 3.05) is 7.11 Å². The zero-order valence-corrected chi connectivity index (χ0v) is 11.4. The van der Waals surface area contributed by atoms with Crippen molar-refractivity contribution in [2.24, 2.45) is 0 Å². The van der Waals surface area contributed by atoms with Crippen molar-refractivity contribution in [3.8, 4) is 11.8 Å². The number of para-hydroxylation sites is 1. The Morgan fingerprint density at radius 3 is 2.90 bits per heavy atom. The van der Waals surface area contributed by atoms with Gasteiger partial charge in [0.2, 0.25) is 0 Å². The van der Waals surface area contributed by atoms with Gasteiger partial charge in [-0.05, 0) is 35.9 Å². The van der Waals surface area contributed by atoms with Crippen molar-refractivity contribution < 1.29 is 4.74 Å². The number of hydrogen-bond donors (Lipinski definition) is 0. The van der Waals surface area contributed by atoms with E-state index in [1.165, 1.54) is 4.68 Å². The summed E-state index contributed by atoms with van der Waals surface area (Å²) in [4.78, 5) is 0. The molecule has 0 fully saturated rings. The molecule has 0 aliphatic carbocycles. The lowest BCUT2D eigenvalue weighted by Gasteiger charge is -2.02. The average Bonchev–Trinajstić information content (AvgIpc) is 2.97. The molecule has 21 heavy (non-hydrogen) atoms. The topological polar surface area (TPSA) is 63.7 Å². The molecule has 0 aliphatic heterocycles. The minimum Gasteiger partial charge on any atom is -0.497 e. The van der Waals surface area contributed by atoms with Crippen molar-refractivity contribution in [2.45, 2.75) is 0 Å². The molecular formula is C16H12N4O. The van der Waals surface area contributed by atoms with Crippen LogP contribution in [0.4, 0.5) is 0 Å². The van der Waals surface area contributed by atoms with E-state index < -0.39 is 0 Å². The SMILES string of the molecule is COc1cccc(/C=C(\C#N)n2nnc3ccccc32)c1. The van der Waals surface area contributed by atoms with Gasteiger partial charge >= 0.3 is 0 Å². The van der Waals surface area contributed by atoms with E-state index in [1.807, 2.05) is 48.5 Å². The van der Waals surface area contributed by atoms with Crippen LogP contribution in [0.3, 0.4) is 0 Å². The molecule has 0 radical (unpaired) electrons. The van der Waals surface area contributed by atoms with Crippen LogP contribution in [0.15, 0.2) is 48.5 Å². The molecule has 0 saturated carbocycles. The zero-order valence-electron chi connectivity index (χ0n) is 11.4. The van der Waals surface area contributed by atoms with Crippen LogP contribution in [0.2, 0.25) is 0 Å². The molecule has 5 heteroatoms. The van der Waals surface area contributed by atoms with Gasteiger partial charge in [0.1, 0.15) is 23.0 Å². The molecule has 0 saturated heterocycles. The molecule has 2 aromatic carbocycles. The highest BCUT2D eigenvalue weighted by Gasteiger charge is 2.08. The normalized spacial score (nSPS) is 11.3. The maximum atomic E-state index is 9.41. The fourth-order valence-electron chi connectivity index (χ4n) is 2.08. The quantitative estimate of drug-likeness (QED) is 0.690. The maximum absolute atomic E-state index is 9.41. The lowest BCUT2D eigenvalue weighted by Crippen LogP contribution is -1.97. The Morgan fingerprint density at radius 2 is 2.10 bits per heavy atom. The number of nitrogens with zero attached hydrogens (tertiary/aromatic N) is 4. The van der Waals surface area contributed by atoms with E-state index >= 15 is 0 Å². The molecule has 0 bridgehead atoms. The summed E-state index contributed by atoms with van der Waals surface area (Å²) in [7, 11) is 1.61. The average molecular weight is 276 g/mol. The van der Waals surface area contributed by atoms with Crippen LogP contribution in [0.1, 0.15) is 5.56 Å². The minimum atomic E-state index is 0.400. The van der Waals surface area contributed by atoms with Crippen molar-refractivity contribution in [1.82, 2.24) is 15.0 Å². The van der Waals surface area contributed by atoms with Gasteiger partial charge in [0.05, 0.1) is 12.6 Å². The number of rotatable bonds is 3. The molecule has 1 aromatic heterocycles. The molecule has 0 amide bonds. The van der Waals surface area contributed by atoms with Crippen LogP contribution in [0.5, 0.6) is 5.75 Å². The van der Waals surface area contributed by atoms with E-state index in [9.17, 15) is 5.26 Å². The number of nitriles is 1. The molecule has 3 rings (SSSR count). The summed E-state index contributed by atoms with van der Waals surface area (Å²) in [5.74, 6) is 0.740. The third-order valence-electron chi connectivity index (χ3n) is 3.09. The number of allylic oxidation sites excluding steroid dienone is 1. The Morgan fingerprint density at radius 1 is 1.24 bits per heavy atom. The Bertz CT molecular complexity index is 858. The van der Waals surface area contributed by atoms with Gasteiger partial charge in [0.15, 0.2) is 0 Å². The Labute approximate surface area is 121 Å². The van der Waals surface area contributed by atoms with Crippen LogP contribution in [-0.2, 0) is 0 Å². The first-order valence-electron chi connectivity index (χ1n) is 6.38. The molecule has 0 unspecified atom stereocenters. The maximum Gasteiger partial charge on any atom is 0.145 e. The number of ether oxygens (including phenoxy) is 1. The summed E-state index contributed by atoms with van der Waals surface area (Å²) >= 11 is 0. The largest absolute Gasteiger partial charge is 0.497 e. The second kappa shape index (κ2) is 5.47. The van der Waals surface area contributed by atoms with Crippen molar-refractivity contribution >= 4 is 22.8 Å². The van der Waals surface area contributed by atoms with Gasteiger partial charge in [-0.25, -0.2) is 4.68 Å². The summed E-state index contributed by atoms with van der Waals surface area (Å²) in [5, 5.41) is 17.5. The summed E-state index contributed by atoms with van der Waals surface area (Å²) < 4.78 is 6.72. The summed E-state index contributed by atoms with van der Waals surface area (Å²) in [6.45, 7) is 0. The fraction of sp³-hybridized carbons (Fsp3) is 0.0625. The van der Waals surface area contributed by atoms with Crippen LogP contribution in [0.25, 0.3) is 22.8 Å². The lowest BCUT2D eigenvalue weighted by atomic mass is 10.2.